The summed E-state index contributed by atoms with van der Waals surface area (Å²) in [4.78, 5) is 12.9. The van der Waals surface area contributed by atoms with Gasteiger partial charge >= 0.3 is 0 Å². The maximum atomic E-state index is 5.26. The van der Waals surface area contributed by atoms with Crippen molar-refractivity contribution in [2.24, 2.45) is 9.98 Å². The van der Waals surface area contributed by atoms with Crippen LogP contribution in [0.1, 0.15) is 45.1 Å². The van der Waals surface area contributed by atoms with Crippen LogP contribution in [0.4, 0.5) is 0 Å². The lowest BCUT2D eigenvalue weighted by Gasteiger charge is -2.42. The number of fused-ring (bicyclic) bond motifs is 2. The molecule has 3 nitrogen and oxygen atoms in total. The lowest BCUT2D eigenvalue weighted by molar-refractivity contribution is 0.659. The van der Waals surface area contributed by atoms with E-state index in [0.717, 1.165) is 22.5 Å². The smallest absolute Gasteiger partial charge is 0.159 e. The molecule has 0 aliphatic carbocycles. The van der Waals surface area contributed by atoms with Crippen molar-refractivity contribution in [1.82, 2.24) is 5.32 Å². The quantitative estimate of drug-likeness (QED) is 0.193. The first kappa shape index (κ1) is 30.1. The zero-order valence-corrected chi connectivity index (χ0v) is 28.1. The summed E-state index contributed by atoms with van der Waals surface area (Å²) in [5.74, 6) is 1.52. The summed E-state index contributed by atoms with van der Waals surface area (Å²) in [6.07, 6.45) is -0.344. The molecule has 2 aliphatic heterocycles. The van der Waals surface area contributed by atoms with E-state index in [0.29, 0.717) is 5.84 Å². The van der Waals surface area contributed by atoms with Gasteiger partial charge in [0, 0.05) is 20.9 Å². The Hall–Kier alpha value is -5.97. The van der Waals surface area contributed by atoms with E-state index in [1.807, 2.05) is 36.0 Å². The summed E-state index contributed by atoms with van der Waals surface area (Å²) in [5, 5.41) is 3.73. The van der Waals surface area contributed by atoms with E-state index in [1.54, 1.807) is 0 Å². The molecule has 2 aliphatic rings. The fourth-order valence-electron chi connectivity index (χ4n) is 7.33. The van der Waals surface area contributed by atoms with Gasteiger partial charge in [0.15, 0.2) is 5.84 Å². The van der Waals surface area contributed by atoms with Crippen LogP contribution in [-0.4, -0.2) is 11.7 Å². The number of amidine groups is 2. The standard InChI is InChI=1S/C46H33N3S/c1-5-15-32(16-6-1)33-25-27-35(28-26-33)44-47-43(34-17-7-2-8-18-34)48-45(49-44)36-29-30-42-40(31-36)46(37-19-9-3-10-20-37,38-21-11-4-12-22-38)39-23-13-14-24-41(39)50-42/h1-31,45H,(H,47,48,49). The highest BCUT2D eigenvalue weighted by molar-refractivity contribution is 7.99. The van der Waals surface area contributed by atoms with Gasteiger partial charge in [0.05, 0.1) is 5.41 Å². The third-order valence-corrected chi connectivity index (χ3v) is 10.8. The number of aliphatic imine (C=N–C) groups is 2. The van der Waals surface area contributed by atoms with Crippen molar-refractivity contribution in [3.8, 4) is 11.1 Å². The van der Waals surface area contributed by atoms with Crippen molar-refractivity contribution in [3.63, 3.8) is 0 Å². The normalized spacial score (nSPS) is 15.9. The lowest BCUT2D eigenvalue weighted by Crippen LogP contribution is -2.36. The van der Waals surface area contributed by atoms with Crippen LogP contribution in [0.5, 0.6) is 0 Å². The molecule has 0 saturated carbocycles. The fourth-order valence-corrected chi connectivity index (χ4v) is 8.50. The number of rotatable bonds is 6. The van der Waals surface area contributed by atoms with Gasteiger partial charge < -0.3 is 5.32 Å². The van der Waals surface area contributed by atoms with Crippen molar-refractivity contribution in [3.05, 3.63) is 227 Å². The van der Waals surface area contributed by atoms with Gasteiger partial charge in [-0.15, -0.1) is 0 Å². The number of nitrogens with one attached hydrogen (secondary N) is 1. The van der Waals surface area contributed by atoms with Crippen LogP contribution in [0.15, 0.2) is 208 Å². The molecule has 1 atom stereocenters. The molecule has 2 heterocycles. The van der Waals surface area contributed by atoms with E-state index in [4.69, 9.17) is 9.98 Å². The van der Waals surface area contributed by atoms with Gasteiger partial charge in [-0.3, -0.25) is 0 Å². The average Bonchev–Trinajstić information content (AvgIpc) is 3.21. The number of hydrogen-bond donors (Lipinski definition) is 1. The Kier molecular flexibility index (Phi) is 7.72. The third-order valence-electron chi connectivity index (χ3n) is 9.69. The van der Waals surface area contributed by atoms with Crippen LogP contribution in [0.2, 0.25) is 0 Å². The van der Waals surface area contributed by atoms with Crippen molar-refractivity contribution in [1.29, 1.82) is 0 Å². The molecule has 0 aromatic heterocycles. The molecule has 0 amide bonds. The van der Waals surface area contributed by atoms with Crippen molar-refractivity contribution in [2.75, 3.05) is 0 Å². The summed E-state index contributed by atoms with van der Waals surface area (Å²) in [6, 6.07) is 67.0. The van der Waals surface area contributed by atoms with E-state index in [-0.39, 0.29) is 6.17 Å². The Labute approximate surface area is 297 Å². The zero-order valence-electron chi connectivity index (χ0n) is 27.3. The van der Waals surface area contributed by atoms with Crippen LogP contribution in [-0.2, 0) is 5.41 Å². The molecule has 7 aromatic carbocycles. The van der Waals surface area contributed by atoms with E-state index in [9.17, 15) is 0 Å². The Morgan fingerprint density at radius 2 is 0.980 bits per heavy atom. The molecule has 50 heavy (non-hydrogen) atoms. The van der Waals surface area contributed by atoms with Crippen molar-refractivity contribution in [2.45, 2.75) is 21.4 Å². The summed E-state index contributed by atoms with van der Waals surface area (Å²) in [7, 11) is 0. The minimum absolute atomic E-state index is 0.344. The largest absolute Gasteiger partial charge is 0.344 e. The zero-order chi connectivity index (χ0) is 33.3. The van der Waals surface area contributed by atoms with Crippen LogP contribution in [0, 0.1) is 0 Å². The van der Waals surface area contributed by atoms with E-state index < -0.39 is 5.41 Å². The predicted octanol–water partition coefficient (Wildman–Crippen LogP) is 10.7. The molecule has 0 saturated heterocycles. The van der Waals surface area contributed by atoms with Crippen LogP contribution in [0.25, 0.3) is 11.1 Å². The van der Waals surface area contributed by atoms with Gasteiger partial charge in [0.1, 0.15) is 12.0 Å². The molecule has 0 bridgehead atoms. The van der Waals surface area contributed by atoms with Gasteiger partial charge in [0.2, 0.25) is 0 Å². The molecule has 1 unspecified atom stereocenters. The Morgan fingerprint density at radius 3 is 1.64 bits per heavy atom. The first-order valence-corrected chi connectivity index (χ1v) is 17.8. The van der Waals surface area contributed by atoms with Gasteiger partial charge in [-0.05, 0) is 57.1 Å². The predicted molar refractivity (Wildman–Crippen MR) is 206 cm³/mol. The minimum atomic E-state index is -0.513. The maximum absolute atomic E-state index is 5.26. The molecule has 1 N–H and O–H groups in total. The van der Waals surface area contributed by atoms with Crippen LogP contribution < -0.4 is 5.32 Å². The second-order valence-electron chi connectivity index (χ2n) is 12.6. The molecular weight excluding hydrogens is 627 g/mol. The third kappa shape index (κ3) is 5.26. The fraction of sp³-hybridized carbons (Fsp3) is 0.0435. The molecule has 4 heteroatoms. The number of benzene rings is 7. The van der Waals surface area contributed by atoms with E-state index >= 15 is 0 Å². The van der Waals surface area contributed by atoms with Gasteiger partial charge in [0.25, 0.3) is 0 Å². The second-order valence-corrected chi connectivity index (χ2v) is 13.7. The molecule has 0 fully saturated rings. The van der Waals surface area contributed by atoms with E-state index in [1.165, 1.54) is 43.2 Å². The summed E-state index contributed by atoms with van der Waals surface area (Å²) < 4.78 is 0. The first-order chi connectivity index (χ1) is 24.8. The summed E-state index contributed by atoms with van der Waals surface area (Å²) >= 11 is 1.84. The highest BCUT2D eigenvalue weighted by atomic mass is 32.2. The first-order valence-electron chi connectivity index (χ1n) is 16.9. The number of hydrogen-bond acceptors (Lipinski definition) is 4. The minimum Gasteiger partial charge on any atom is -0.344 e. The monoisotopic (exact) mass is 659 g/mol. The van der Waals surface area contributed by atoms with Crippen LogP contribution >= 0.6 is 11.8 Å². The number of nitrogens with zero attached hydrogens (tertiary/aromatic N) is 2. The molecule has 238 valence electrons. The topological polar surface area (TPSA) is 36.8 Å². The SMILES string of the molecule is c1ccc(C2=NC(c3ccc4c(c3)C(c3ccccc3)(c3ccccc3)c3ccccc3S4)NC(c3ccc(-c4ccccc4)cc3)=N2)cc1. The molecule has 9 rings (SSSR count). The highest BCUT2D eigenvalue weighted by Crippen LogP contribution is 2.56. The van der Waals surface area contributed by atoms with Crippen molar-refractivity contribution >= 4 is 23.4 Å². The Balaban J connectivity index is 1.20. The second kappa shape index (κ2) is 12.8. The molecule has 0 spiro atoms. The molecule has 0 radical (unpaired) electrons. The van der Waals surface area contributed by atoms with Gasteiger partial charge in [-0.2, -0.15) is 0 Å². The van der Waals surface area contributed by atoms with E-state index in [2.05, 4.69) is 169 Å². The highest BCUT2D eigenvalue weighted by Gasteiger charge is 2.44. The van der Waals surface area contributed by atoms with Crippen LogP contribution in [0.3, 0.4) is 0 Å². The summed E-state index contributed by atoms with van der Waals surface area (Å²) in [6.45, 7) is 0. The van der Waals surface area contributed by atoms with Gasteiger partial charge in [-0.25, -0.2) is 9.98 Å². The molecular formula is C46H33N3S. The average molecular weight is 660 g/mol. The van der Waals surface area contributed by atoms with Crippen molar-refractivity contribution < 1.29 is 0 Å². The summed E-state index contributed by atoms with van der Waals surface area (Å²) in [5.41, 5.74) is 9.96. The molecule has 7 aromatic rings. The lowest BCUT2D eigenvalue weighted by atomic mass is 9.64. The maximum Gasteiger partial charge on any atom is 0.159 e. The Morgan fingerprint density at radius 1 is 0.460 bits per heavy atom. The van der Waals surface area contributed by atoms with Gasteiger partial charge in [-0.1, -0.05) is 182 Å². The Bertz CT molecular complexity index is 2310.